The van der Waals surface area contributed by atoms with Crippen LogP contribution in [0, 0.1) is 11.5 Å². The van der Waals surface area contributed by atoms with Crippen LogP contribution in [0.1, 0.15) is 30.9 Å². The minimum Gasteiger partial charge on any atom is -0.127 e. The monoisotopic (exact) mass is 306 g/mol. The first-order valence-corrected chi connectivity index (χ1v) is 11.7. The van der Waals surface area contributed by atoms with Crippen LogP contribution in [0.15, 0.2) is 48.5 Å². The number of rotatable bonds is 4. The Hall–Kier alpha value is -1.78. The Morgan fingerprint density at radius 1 is 0.818 bits per heavy atom. The third kappa shape index (κ3) is 5.20. The molecule has 2 aromatic rings. The highest BCUT2D eigenvalue weighted by Gasteiger charge is 2.07. The van der Waals surface area contributed by atoms with Crippen molar-refractivity contribution in [3.05, 3.63) is 59.7 Å². The van der Waals surface area contributed by atoms with E-state index in [9.17, 15) is 0 Å². The molecule has 0 aromatic heterocycles. The fourth-order valence-corrected chi connectivity index (χ4v) is 2.77. The summed E-state index contributed by atoms with van der Waals surface area (Å²) in [5.41, 5.74) is 8.51. The van der Waals surface area contributed by atoms with E-state index >= 15 is 0 Å². The van der Waals surface area contributed by atoms with Crippen LogP contribution in [0.5, 0.6) is 0 Å². The van der Waals surface area contributed by atoms with Crippen LogP contribution >= 0.6 is 0 Å². The molecule has 0 atom stereocenters. The molecule has 0 aliphatic carbocycles. The predicted molar refractivity (Wildman–Crippen MR) is 101 cm³/mol. The fourth-order valence-electron chi connectivity index (χ4n) is 2.25. The topological polar surface area (TPSA) is 0 Å². The largest absolute Gasteiger partial charge is 0.129 e. The van der Waals surface area contributed by atoms with Crippen molar-refractivity contribution >= 4 is 8.07 Å². The molecule has 1 heteroatoms. The Bertz CT molecular complexity index is 646. The van der Waals surface area contributed by atoms with E-state index in [-0.39, 0.29) is 0 Å². The zero-order chi connectivity index (χ0) is 16.0. The number of aryl methyl sites for hydroxylation is 1. The molecule has 2 rings (SSSR count). The lowest BCUT2D eigenvalue weighted by Crippen LogP contribution is -2.16. The lowest BCUT2D eigenvalue weighted by molar-refractivity contribution is 0.795. The van der Waals surface area contributed by atoms with Crippen LogP contribution in [0.3, 0.4) is 0 Å². The second-order valence-corrected chi connectivity index (χ2v) is 11.6. The maximum absolute atomic E-state index is 3.41. The molecule has 0 spiro atoms. The van der Waals surface area contributed by atoms with Gasteiger partial charge in [-0.2, -0.15) is 0 Å². The van der Waals surface area contributed by atoms with Crippen molar-refractivity contribution in [1.29, 1.82) is 0 Å². The molecule has 0 aliphatic heterocycles. The standard InChI is InChI=1S/C21H26Si/c1-5-6-7-18-8-12-20(13-9-18)21-14-10-19(11-15-21)16-17-22(2,3)4/h8-15H,5-7H2,1-4H3. The Morgan fingerprint density at radius 3 is 1.86 bits per heavy atom. The molecule has 0 aliphatic rings. The summed E-state index contributed by atoms with van der Waals surface area (Å²) in [5, 5.41) is 0. The van der Waals surface area contributed by atoms with Gasteiger partial charge in [0.05, 0.1) is 0 Å². The average molecular weight is 307 g/mol. The van der Waals surface area contributed by atoms with Crippen LogP contribution < -0.4 is 0 Å². The minimum absolute atomic E-state index is 1.12. The van der Waals surface area contributed by atoms with Crippen molar-refractivity contribution in [2.75, 3.05) is 0 Å². The van der Waals surface area contributed by atoms with Gasteiger partial charge in [-0.25, -0.2) is 0 Å². The third-order valence-electron chi connectivity index (χ3n) is 3.57. The van der Waals surface area contributed by atoms with E-state index in [0.717, 1.165) is 5.56 Å². The highest BCUT2D eigenvalue weighted by molar-refractivity contribution is 6.83. The second kappa shape index (κ2) is 7.47. The molecular formula is C21H26Si. The normalized spacial score (nSPS) is 10.9. The van der Waals surface area contributed by atoms with E-state index in [1.54, 1.807) is 0 Å². The summed E-state index contributed by atoms with van der Waals surface area (Å²) in [6.45, 7) is 9.05. The molecule has 2 aromatic carbocycles. The predicted octanol–water partition coefficient (Wildman–Crippen LogP) is 5.93. The van der Waals surface area contributed by atoms with Gasteiger partial charge < -0.3 is 0 Å². The molecule has 22 heavy (non-hydrogen) atoms. The van der Waals surface area contributed by atoms with Gasteiger partial charge in [0.2, 0.25) is 0 Å². The number of benzene rings is 2. The molecule has 0 saturated heterocycles. The first kappa shape index (κ1) is 16.6. The molecule has 0 fully saturated rings. The van der Waals surface area contributed by atoms with Crippen LogP contribution in [0.25, 0.3) is 11.1 Å². The zero-order valence-electron chi connectivity index (χ0n) is 14.2. The first-order chi connectivity index (χ1) is 10.5. The van der Waals surface area contributed by atoms with Crippen molar-refractivity contribution in [1.82, 2.24) is 0 Å². The van der Waals surface area contributed by atoms with Crippen molar-refractivity contribution in [2.24, 2.45) is 0 Å². The van der Waals surface area contributed by atoms with Crippen molar-refractivity contribution in [3.63, 3.8) is 0 Å². The summed E-state index contributed by atoms with van der Waals surface area (Å²) >= 11 is 0. The van der Waals surface area contributed by atoms with Gasteiger partial charge in [0, 0.05) is 5.56 Å². The van der Waals surface area contributed by atoms with Gasteiger partial charge in [0.1, 0.15) is 8.07 Å². The van der Waals surface area contributed by atoms with Gasteiger partial charge in [0.25, 0.3) is 0 Å². The second-order valence-electron chi connectivity index (χ2n) is 6.88. The van der Waals surface area contributed by atoms with Crippen LogP contribution in [0.2, 0.25) is 19.6 Å². The van der Waals surface area contributed by atoms with Gasteiger partial charge >= 0.3 is 0 Å². The van der Waals surface area contributed by atoms with Crippen molar-refractivity contribution < 1.29 is 0 Å². The van der Waals surface area contributed by atoms with Gasteiger partial charge in [-0.15, -0.1) is 5.54 Å². The van der Waals surface area contributed by atoms with E-state index in [2.05, 4.69) is 86.6 Å². The van der Waals surface area contributed by atoms with E-state index in [1.165, 1.54) is 36.0 Å². The van der Waals surface area contributed by atoms with Crippen molar-refractivity contribution in [3.8, 4) is 22.6 Å². The Morgan fingerprint density at radius 2 is 1.36 bits per heavy atom. The van der Waals surface area contributed by atoms with Crippen LogP contribution in [-0.2, 0) is 6.42 Å². The highest BCUT2D eigenvalue weighted by atomic mass is 28.3. The molecule has 0 amide bonds. The summed E-state index contributed by atoms with van der Waals surface area (Å²) in [6.07, 6.45) is 3.70. The van der Waals surface area contributed by atoms with Crippen LogP contribution in [0.4, 0.5) is 0 Å². The molecule has 0 saturated carbocycles. The third-order valence-corrected chi connectivity index (χ3v) is 4.45. The van der Waals surface area contributed by atoms with E-state index in [0.29, 0.717) is 0 Å². The molecule has 0 radical (unpaired) electrons. The summed E-state index contributed by atoms with van der Waals surface area (Å²) in [7, 11) is -1.30. The maximum atomic E-state index is 3.41. The lowest BCUT2D eigenvalue weighted by Gasteiger charge is -2.05. The summed E-state index contributed by atoms with van der Waals surface area (Å²) < 4.78 is 0. The van der Waals surface area contributed by atoms with E-state index < -0.39 is 8.07 Å². The Kier molecular flexibility index (Phi) is 5.63. The Balaban J connectivity index is 2.11. The zero-order valence-corrected chi connectivity index (χ0v) is 15.2. The smallest absolute Gasteiger partial charge is 0.127 e. The molecular weight excluding hydrogens is 280 g/mol. The van der Waals surface area contributed by atoms with Gasteiger partial charge in [-0.05, 0) is 41.7 Å². The first-order valence-electron chi connectivity index (χ1n) is 8.20. The number of hydrogen-bond donors (Lipinski definition) is 0. The number of unbranched alkanes of at least 4 members (excludes halogenated alkanes) is 1. The molecule has 114 valence electrons. The average Bonchev–Trinajstić information content (AvgIpc) is 2.51. The maximum Gasteiger partial charge on any atom is 0.129 e. The van der Waals surface area contributed by atoms with E-state index in [4.69, 9.17) is 0 Å². The summed E-state index contributed by atoms with van der Waals surface area (Å²) in [6, 6.07) is 17.6. The minimum atomic E-state index is -1.30. The fraction of sp³-hybridized carbons (Fsp3) is 0.333. The van der Waals surface area contributed by atoms with Gasteiger partial charge in [-0.1, -0.05) is 75.3 Å². The SMILES string of the molecule is CCCCc1ccc(-c2ccc(C#C[Si](C)(C)C)cc2)cc1. The summed E-state index contributed by atoms with van der Waals surface area (Å²) in [5.74, 6) is 3.31. The highest BCUT2D eigenvalue weighted by Crippen LogP contribution is 2.21. The molecule has 0 N–H and O–H groups in total. The van der Waals surface area contributed by atoms with E-state index in [1.807, 2.05) is 0 Å². The van der Waals surface area contributed by atoms with Gasteiger partial charge in [0.15, 0.2) is 0 Å². The summed E-state index contributed by atoms with van der Waals surface area (Å²) in [4.78, 5) is 0. The quantitative estimate of drug-likeness (QED) is 0.485. The lowest BCUT2D eigenvalue weighted by atomic mass is 10.0. The molecule has 0 heterocycles. The Labute approximate surface area is 136 Å². The molecule has 0 nitrogen and oxygen atoms in total. The number of hydrogen-bond acceptors (Lipinski definition) is 0. The van der Waals surface area contributed by atoms with Crippen molar-refractivity contribution in [2.45, 2.75) is 45.8 Å². The molecule has 0 bridgehead atoms. The van der Waals surface area contributed by atoms with Crippen LogP contribution in [-0.4, -0.2) is 8.07 Å². The van der Waals surface area contributed by atoms with Gasteiger partial charge in [-0.3, -0.25) is 0 Å². The molecule has 0 unspecified atom stereocenters.